The monoisotopic (exact) mass is 336 g/mol. The summed E-state index contributed by atoms with van der Waals surface area (Å²) in [5.74, 6) is 0. The number of hydrogen-bond donors (Lipinski definition) is 0. The summed E-state index contributed by atoms with van der Waals surface area (Å²) in [6.45, 7) is 8.77. The molecule has 3 heteroatoms. The minimum atomic E-state index is 0.0315. The molecule has 0 aromatic carbocycles. The van der Waals surface area contributed by atoms with Crippen molar-refractivity contribution < 1.29 is 4.74 Å². The van der Waals surface area contributed by atoms with Crippen molar-refractivity contribution in [3.05, 3.63) is 0 Å². The predicted molar refractivity (Wildman–Crippen MR) is 78.0 cm³/mol. The maximum atomic E-state index is 6.11. The fourth-order valence-electron chi connectivity index (χ4n) is 1.69. The first kappa shape index (κ1) is 16.5. The van der Waals surface area contributed by atoms with E-state index in [2.05, 4.69) is 46.5 Å². The van der Waals surface area contributed by atoms with Gasteiger partial charge in [-0.15, -0.1) is 4.55 Å². The third kappa shape index (κ3) is 11.7. The Hall–Kier alpha value is 1.46. The molecule has 0 saturated heterocycles. The van der Waals surface area contributed by atoms with Crippen LogP contribution in [-0.2, 0) is 4.74 Å². The van der Waals surface area contributed by atoms with E-state index in [1.807, 2.05) is 0 Å². The first-order chi connectivity index (χ1) is 6.99. The van der Waals surface area contributed by atoms with E-state index in [-0.39, 0.29) is 22.1 Å². The first-order valence-corrected chi connectivity index (χ1v) is 12.3. The van der Waals surface area contributed by atoms with Gasteiger partial charge in [0, 0.05) is 0 Å². The fourth-order valence-corrected chi connectivity index (χ4v) is 3.62. The van der Waals surface area contributed by atoms with Crippen molar-refractivity contribution in [3.63, 3.8) is 0 Å². The van der Waals surface area contributed by atoms with Gasteiger partial charge in [0.1, 0.15) is 0 Å². The predicted octanol–water partition coefficient (Wildman–Crippen LogP) is 4.61. The van der Waals surface area contributed by atoms with Gasteiger partial charge in [-0.05, 0) is 33.6 Å². The van der Waals surface area contributed by atoms with Crippen molar-refractivity contribution >= 4 is 35.3 Å². The average molecular weight is 337 g/mol. The van der Waals surface area contributed by atoms with E-state index in [0.717, 1.165) is 0 Å². The van der Waals surface area contributed by atoms with Gasteiger partial charge in [-0.3, -0.25) is 0 Å². The normalized spacial score (nSPS) is 13.7. The Morgan fingerprint density at radius 2 is 1.87 bits per heavy atom. The van der Waals surface area contributed by atoms with Crippen LogP contribution in [0.15, 0.2) is 0 Å². The summed E-state index contributed by atoms with van der Waals surface area (Å²) in [5.41, 5.74) is 0.0315. The lowest BCUT2D eigenvalue weighted by atomic mass is 10.1. The summed E-state index contributed by atoms with van der Waals surface area (Å²) in [4.78, 5) is 0. The first-order valence-electron chi connectivity index (χ1n) is 6.23. The lowest BCUT2D eigenvalue weighted by Gasteiger charge is -2.27. The average Bonchev–Trinajstić information content (AvgIpc) is 2.12. The van der Waals surface area contributed by atoms with E-state index in [1.54, 1.807) is 0 Å². The van der Waals surface area contributed by atoms with Crippen LogP contribution in [-0.4, -0.2) is 28.2 Å². The number of halogens is 1. The molecular weight excluding hydrogens is 311 g/mol. The molecule has 1 unspecified atom stereocenters. The van der Waals surface area contributed by atoms with Gasteiger partial charge in [0.05, 0.1) is 11.7 Å². The molecule has 88 valence electrons. The van der Waals surface area contributed by atoms with E-state index in [4.69, 9.17) is 4.74 Å². The summed E-state index contributed by atoms with van der Waals surface area (Å²) < 4.78 is 7.53. The second-order valence-electron chi connectivity index (χ2n) is 5.18. The number of ether oxygens (including phenoxy) is 1. The molecule has 0 aliphatic heterocycles. The summed E-state index contributed by atoms with van der Waals surface area (Å²) in [6.07, 6.45) is 7.06. The smallest absolute Gasteiger partial charge is 0.373 e. The Morgan fingerprint density at radius 1 is 1.20 bits per heavy atom. The van der Waals surface area contributed by atoms with E-state index < -0.39 is 0 Å². The molecule has 0 rings (SSSR count). The van der Waals surface area contributed by atoms with Gasteiger partial charge >= 0.3 is 16.5 Å². The van der Waals surface area contributed by atoms with E-state index in [1.165, 1.54) is 36.7 Å². The topological polar surface area (TPSA) is 9.23 Å². The van der Waals surface area contributed by atoms with Crippen LogP contribution >= 0.6 is 18.9 Å². The third-order valence-electron chi connectivity index (χ3n) is 2.31. The van der Waals surface area contributed by atoms with E-state index in [9.17, 15) is 0 Å². The van der Waals surface area contributed by atoms with Crippen LogP contribution in [0.5, 0.6) is 0 Å². The maximum absolute atomic E-state index is 6.11. The van der Waals surface area contributed by atoms with Crippen LogP contribution in [0.2, 0.25) is 4.55 Å². The Morgan fingerprint density at radius 3 is 2.33 bits per heavy atom. The molecule has 0 spiro atoms. The van der Waals surface area contributed by atoms with Gasteiger partial charge in [-0.25, -0.2) is 0 Å². The summed E-state index contributed by atoms with van der Waals surface area (Å²) in [6, 6.07) is 0. The highest BCUT2D eigenvalue weighted by Crippen LogP contribution is 2.19. The summed E-state index contributed by atoms with van der Waals surface area (Å²) >= 11 is 2.77. The van der Waals surface area contributed by atoms with E-state index >= 15 is 0 Å². The SMILES string of the molecule is CCCCCC(C[CH2][Mg][I])OC(C)(C)C. The van der Waals surface area contributed by atoms with Crippen LogP contribution in [0.4, 0.5) is 0 Å². The highest BCUT2D eigenvalue weighted by Gasteiger charge is 2.17. The van der Waals surface area contributed by atoms with Crippen molar-refractivity contribution in [1.29, 1.82) is 0 Å². The van der Waals surface area contributed by atoms with Crippen molar-refractivity contribution in [2.24, 2.45) is 0 Å². The minimum Gasteiger partial charge on any atom is -0.373 e. The molecule has 1 atom stereocenters. The van der Waals surface area contributed by atoms with Crippen molar-refractivity contribution in [1.82, 2.24) is 0 Å². The van der Waals surface area contributed by atoms with Crippen molar-refractivity contribution in [3.8, 4) is 0 Å². The lowest BCUT2D eigenvalue weighted by molar-refractivity contribution is -0.0648. The standard InChI is InChI=1S/C12H25O.HI.Mg/c1-6-8-9-10-11(7-2)13-12(3,4)5;;/h11H,2,6-10H2,1,3-5H3;1H;/q;;+1/p-1. The van der Waals surface area contributed by atoms with Gasteiger partial charge in [-0.1, -0.05) is 26.2 Å². The highest BCUT2D eigenvalue weighted by molar-refractivity contribution is 14.1. The second-order valence-corrected chi connectivity index (χ2v) is 9.50. The molecule has 15 heavy (non-hydrogen) atoms. The van der Waals surface area contributed by atoms with Gasteiger partial charge in [0.25, 0.3) is 0 Å². The molecule has 0 fully saturated rings. The van der Waals surface area contributed by atoms with Crippen molar-refractivity contribution in [2.45, 2.75) is 76.1 Å². The molecule has 0 saturated carbocycles. The largest absolute Gasteiger partial charge is 0.464 e. The highest BCUT2D eigenvalue weighted by atomic mass is 127. The fraction of sp³-hybridized carbons (Fsp3) is 1.00. The number of rotatable bonds is 8. The Balaban J connectivity index is 3.84. The van der Waals surface area contributed by atoms with Gasteiger partial charge in [0.2, 0.25) is 0 Å². The van der Waals surface area contributed by atoms with Crippen LogP contribution < -0.4 is 0 Å². The molecule has 0 bridgehead atoms. The zero-order chi connectivity index (χ0) is 11.7. The lowest BCUT2D eigenvalue weighted by Crippen LogP contribution is -2.27. The van der Waals surface area contributed by atoms with Crippen molar-refractivity contribution in [2.75, 3.05) is 0 Å². The Bertz CT molecular complexity index is 145. The second kappa shape index (κ2) is 9.48. The quantitative estimate of drug-likeness (QED) is 0.357. The third-order valence-corrected chi connectivity index (χ3v) is 5.27. The van der Waals surface area contributed by atoms with Crippen LogP contribution in [0.1, 0.15) is 59.8 Å². The molecule has 1 nitrogen and oxygen atoms in total. The zero-order valence-electron chi connectivity index (χ0n) is 10.8. The van der Waals surface area contributed by atoms with Crippen LogP contribution in [0.3, 0.4) is 0 Å². The Kier molecular flexibility index (Phi) is 10.4. The molecule has 0 radical (unpaired) electrons. The van der Waals surface area contributed by atoms with Crippen LogP contribution in [0.25, 0.3) is 0 Å². The molecule has 0 N–H and O–H groups in total. The zero-order valence-corrected chi connectivity index (χ0v) is 14.4. The molecule has 0 aliphatic rings. The van der Waals surface area contributed by atoms with Gasteiger partial charge in [0.15, 0.2) is 0 Å². The Labute approximate surface area is 115 Å². The van der Waals surface area contributed by atoms with Crippen LogP contribution in [0, 0.1) is 0 Å². The molecule has 0 aliphatic carbocycles. The summed E-state index contributed by atoms with van der Waals surface area (Å²) in [5, 5.41) is 0. The summed E-state index contributed by atoms with van der Waals surface area (Å²) in [7, 11) is 0. The van der Waals surface area contributed by atoms with Gasteiger partial charge in [-0.2, -0.15) is 0 Å². The minimum absolute atomic E-state index is 0.0315. The number of unbranched alkanes of at least 4 members (excludes halogenated alkanes) is 2. The molecule has 0 aromatic rings. The van der Waals surface area contributed by atoms with Gasteiger partial charge < -0.3 is 23.6 Å². The molecule has 0 amide bonds. The maximum Gasteiger partial charge on any atom is 0.464 e. The molecule has 0 heterocycles. The number of hydrogen-bond acceptors (Lipinski definition) is 1. The van der Waals surface area contributed by atoms with E-state index in [0.29, 0.717) is 6.10 Å². The molecular formula is C12H25IMgO. The molecule has 0 aromatic heterocycles.